The minimum atomic E-state index is -0.296. The van der Waals surface area contributed by atoms with Gasteiger partial charge in [-0.2, -0.15) is 10.4 Å². The Morgan fingerprint density at radius 3 is 2.53 bits per heavy atom. The molecule has 6 nitrogen and oxygen atoms in total. The lowest BCUT2D eigenvalue weighted by atomic mass is 10.3. The van der Waals surface area contributed by atoms with Crippen molar-refractivity contribution >= 4 is 17.6 Å². The fraction of sp³-hybridized carbons (Fsp3) is 0.333. The van der Waals surface area contributed by atoms with Gasteiger partial charge in [-0.1, -0.05) is 0 Å². The molecule has 0 saturated carbocycles. The number of carbonyl (C=O) groups excluding carboxylic acids is 2. The van der Waals surface area contributed by atoms with E-state index < -0.39 is 0 Å². The van der Waals surface area contributed by atoms with Crippen LogP contribution in [-0.4, -0.2) is 21.6 Å². The summed E-state index contributed by atoms with van der Waals surface area (Å²) in [7, 11) is 1.63. The van der Waals surface area contributed by atoms with E-state index in [-0.39, 0.29) is 36.0 Å². The van der Waals surface area contributed by atoms with Crippen molar-refractivity contribution in [2.75, 3.05) is 4.90 Å². The van der Waals surface area contributed by atoms with Gasteiger partial charge in [-0.05, 0) is 0 Å². The summed E-state index contributed by atoms with van der Waals surface area (Å²) in [6.07, 6.45) is 1.87. The normalized spacial score (nSPS) is 15.9. The number of aryl methyl sites for hydroxylation is 1. The highest BCUT2D eigenvalue weighted by molar-refractivity contribution is 6.19. The molecule has 1 saturated heterocycles. The number of nitriles is 1. The average Bonchev–Trinajstić information content (AvgIpc) is 2.70. The number of anilines is 1. The highest BCUT2D eigenvalue weighted by atomic mass is 16.2. The maximum absolute atomic E-state index is 11.4. The molecule has 1 aliphatic rings. The molecule has 0 radical (unpaired) electrons. The molecule has 1 fully saturated rings. The molecule has 1 aromatic heterocycles. The monoisotopic (exact) mass is 204 g/mol. The Kier molecular flexibility index (Phi) is 2.01. The van der Waals surface area contributed by atoms with E-state index in [0.717, 1.165) is 4.90 Å². The van der Waals surface area contributed by atoms with E-state index in [1.807, 2.05) is 6.07 Å². The van der Waals surface area contributed by atoms with Crippen LogP contribution in [0, 0.1) is 11.3 Å². The van der Waals surface area contributed by atoms with Crippen LogP contribution < -0.4 is 4.90 Å². The average molecular weight is 204 g/mol. The third-order valence-electron chi connectivity index (χ3n) is 2.19. The van der Waals surface area contributed by atoms with Crippen molar-refractivity contribution in [3.8, 4) is 6.07 Å². The van der Waals surface area contributed by atoms with E-state index in [2.05, 4.69) is 5.10 Å². The maximum atomic E-state index is 11.4. The van der Waals surface area contributed by atoms with Crippen LogP contribution in [0.1, 0.15) is 18.4 Å². The largest absolute Gasteiger partial charge is 0.274 e. The van der Waals surface area contributed by atoms with Crippen molar-refractivity contribution in [1.82, 2.24) is 9.78 Å². The van der Waals surface area contributed by atoms with Crippen LogP contribution in [0.4, 0.5) is 5.82 Å². The van der Waals surface area contributed by atoms with Crippen molar-refractivity contribution in [2.45, 2.75) is 12.8 Å². The van der Waals surface area contributed by atoms with Gasteiger partial charge in [0.15, 0.2) is 5.82 Å². The molecular weight excluding hydrogens is 196 g/mol. The molecular formula is C9H8N4O2. The zero-order valence-corrected chi connectivity index (χ0v) is 8.10. The van der Waals surface area contributed by atoms with Gasteiger partial charge in [0.05, 0.1) is 0 Å². The van der Waals surface area contributed by atoms with Gasteiger partial charge in [0.1, 0.15) is 11.6 Å². The Hall–Kier alpha value is -2.16. The lowest BCUT2D eigenvalue weighted by Gasteiger charge is -2.09. The fourth-order valence-electron chi connectivity index (χ4n) is 1.53. The Morgan fingerprint density at radius 2 is 2.00 bits per heavy atom. The second-order valence-corrected chi connectivity index (χ2v) is 3.27. The molecule has 2 rings (SSSR count). The number of amides is 2. The van der Waals surface area contributed by atoms with Crippen LogP contribution in [0.5, 0.6) is 0 Å². The van der Waals surface area contributed by atoms with Gasteiger partial charge in [0.2, 0.25) is 11.8 Å². The number of carbonyl (C=O) groups is 2. The summed E-state index contributed by atoms with van der Waals surface area (Å²) < 4.78 is 1.41. The molecule has 0 aromatic carbocycles. The molecule has 6 heteroatoms. The van der Waals surface area contributed by atoms with Gasteiger partial charge in [0, 0.05) is 26.1 Å². The topological polar surface area (TPSA) is 79.0 Å². The van der Waals surface area contributed by atoms with Crippen LogP contribution in [-0.2, 0) is 16.6 Å². The molecule has 1 aliphatic heterocycles. The van der Waals surface area contributed by atoms with Crippen LogP contribution in [0.15, 0.2) is 6.20 Å². The Labute approximate surface area is 85.7 Å². The third kappa shape index (κ3) is 1.38. The maximum Gasteiger partial charge on any atom is 0.235 e. The fourth-order valence-corrected chi connectivity index (χ4v) is 1.53. The predicted molar refractivity (Wildman–Crippen MR) is 49.7 cm³/mol. The van der Waals surface area contributed by atoms with Gasteiger partial charge in [0.25, 0.3) is 0 Å². The van der Waals surface area contributed by atoms with Gasteiger partial charge < -0.3 is 0 Å². The Balaban J connectivity index is 2.49. The van der Waals surface area contributed by atoms with Crippen LogP contribution in [0.3, 0.4) is 0 Å². The van der Waals surface area contributed by atoms with Crippen molar-refractivity contribution < 1.29 is 9.59 Å². The molecule has 2 amide bonds. The predicted octanol–water partition coefficient (Wildman–Crippen LogP) is -0.0548. The molecule has 0 bridgehead atoms. The Morgan fingerprint density at radius 1 is 1.40 bits per heavy atom. The Bertz CT molecular complexity index is 467. The van der Waals surface area contributed by atoms with E-state index in [0.29, 0.717) is 0 Å². The van der Waals surface area contributed by atoms with E-state index in [1.165, 1.54) is 10.9 Å². The summed E-state index contributed by atoms with van der Waals surface area (Å²) in [6, 6.07) is 1.90. The number of nitrogens with zero attached hydrogens (tertiary/aromatic N) is 4. The van der Waals surface area contributed by atoms with Crippen LogP contribution in [0.2, 0.25) is 0 Å². The summed E-state index contributed by atoms with van der Waals surface area (Å²) in [5.74, 6) is -0.446. The van der Waals surface area contributed by atoms with E-state index in [1.54, 1.807) is 7.05 Å². The minimum absolute atomic E-state index is 0.146. The van der Waals surface area contributed by atoms with Gasteiger partial charge >= 0.3 is 0 Å². The van der Waals surface area contributed by atoms with Gasteiger partial charge in [-0.15, -0.1) is 0 Å². The quantitative estimate of drug-likeness (QED) is 0.600. The van der Waals surface area contributed by atoms with Gasteiger partial charge in [-0.25, -0.2) is 4.90 Å². The SMILES string of the molecule is Cn1cc(C#N)c(N2C(=O)CCC2=O)n1. The van der Waals surface area contributed by atoms with Crippen molar-refractivity contribution in [2.24, 2.45) is 7.05 Å². The summed E-state index contributed by atoms with van der Waals surface area (Å²) in [6.45, 7) is 0. The van der Waals surface area contributed by atoms with E-state index >= 15 is 0 Å². The van der Waals surface area contributed by atoms with Crippen molar-refractivity contribution in [3.63, 3.8) is 0 Å². The number of hydrogen-bond donors (Lipinski definition) is 0. The second kappa shape index (κ2) is 3.20. The standard InChI is InChI=1S/C9H8N4O2/c1-12-5-6(4-10)9(11-12)13-7(14)2-3-8(13)15/h5H,2-3H2,1H3. The highest BCUT2D eigenvalue weighted by Gasteiger charge is 2.33. The number of rotatable bonds is 1. The molecule has 0 atom stereocenters. The molecule has 1 aromatic rings. The number of aromatic nitrogens is 2. The van der Waals surface area contributed by atoms with Crippen molar-refractivity contribution in [1.29, 1.82) is 5.26 Å². The first kappa shape index (κ1) is 9.40. The van der Waals surface area contributed by atoms with Gasteiger partial charge in [-0.3, -0.25) is 14.3 Å². The molecule has 0 unspecified atom stereocenters. The summed E-state index contributed by atoms with van der Waals surface area (Å²) in [5.41, 5.74) is 0.237. The number of imide groups is 1. The molecule has 2 heterocycles. The first-order valence-electron chi connectivity index (χ1n) is 4.43. The lowest BCUT2D eigenvalue weighted by molar-refractivity contribution is -0.121. The summed E-state index contributed by atoms with van der Waals surface area (Å²) in [5, 5.41) is 12.8. The highest BCUT2D eigenvalue weighted by Crippen LogP contribution is 2.23. The number of hydrogen-bond acceptors (Lipinski definition) is 4. The first-order chi connectivity index (χ1) is 7.13. The third-order valence-corrected chi connectivity index (χ3v) is 2.19. The first-order valence-corrected chi connectivity index (χ1v) is 4.43. The zero-order valence-electron chi connectivity index (χ0n) is 8.10. The summed E-state index contributed by atoms with van der Waals surface area (Å²) >= 11 is 0. The summed E-state index contributed by atoms with van der Waals surface area (Å²) in [4.78, 5) is 23.8. The lowest BCUT2D eigenvalue weighted by Crippen LogP contribution is -2.29. The molecule has 15 heavy (non-hydrogen) atoms. The van der Waals surface area contributed by atoms with E-state index in [4.69, 9.17) is 5.26 Å². The zero-order chi connectivity index (χ0) is 11.0. The minimum Gasteiger partial charge on any atom is -0.274 e. The van der Waals surface area contributed by atoms with Crippen LogP contribution in [0.25, 0.3) is 0 Å². The molecule has 76 valence electrons. The second-order valence-electron chi connectivity index (χ2n) is 3.27. The smallest absolute Gasteiger partial charge is 0.235 e. The molecule has 0 aliphatic carbocycles. The molecule has 0 spiro atoms. The van der Waals surface area contributed by atoms with E-state index in [9.17, 15) is 9.59 Å². The van der Waals surface area contributed by atoms with Crippen LogP contribution >= 0.6 is 0 Å². The van der Waals surface area contributed by atoms with Crippen molar-refractivity contribution in [3.05, 3.63) is 11.8 Å². The molecule has 0 N–H and O–H groups in total.